The molecule has 0 saturated carbocycles. The van der Waals surface area contributed by atoms with Gasteiger partial charge in [0.2, 0.25) is 0 Å². The minimum absolute atomic E-state index is 0.118. The molecule has 2 aromatic heterocycles. The molecule has 0 bridgehead atoms. The quantitative estimate of drug-likeness (QED) is 0.728. The van der Waals surface area contributed by atoms with E-state index in [1.54, 1.807) is 18.3 Å². The number of carbonyl (C=O) groups is 2. The van der Waals surface area contributed by atoms with Gasteiger partial charge in [-0.25, -0.2) is 0 Å². The molecule has 0 saturated heterocycles. The van der Waals surface area contributed by atoms with Crippen molar-refractivity contribution in [1.29, 1.82) is 0 Å². The van der Waals surface area contributed by atoms with E-state index < -0.39 is 0 Å². The fourth-order valence-electron chi connectivity index (χ4n) is 3.00. The summed E-state index contributed by atoms with van der Waals surface area (Å²) in [7, 11) is 1.86. The molecule has 1 unspecified atom stereocenters. The van der Waals surface area contributed by atoms with Crippen LogP contribution in [-0.4, -0.2) is 36.4 Å². The summed E-state index contributed by atoms with van der Waals surface area (Å²) >= 11 is 1.52. The van der Waals surface area contributed by atoms with E-state index in [1.165, 1.54) is 22.4 Å². The van der Waals surface area contributed by atoms with E-state index in [2.05, 4.69) is 20.9 Å². The Balaban J connectivity index is 1.85. The van der Waals surface area contributed by atoms with Crippen molar-refractivity contribution >= 4 is 28.2 Å². The SMILES string of the molecule is CNC(C)CNC(=O)c1c(NC(=O)c2cccnc2)sc2c1CCCC2. The van der Waals surface area contributed by atoms with E-state index >= 15 is 0 Å². The zero-order valence-electron chi connectivity index (χ0n) is 15.1. The van der Waals surface area contributed by atoms with Gasteiger partial charge in [0.25, 0.3) is 11.8 Å². The Morgan fingerprint density at radius 1 is 1.27 bits per heavy atom. The summed E-state index contributed by atoms with van der Waals surface area (Å²) in [5, 5.41) is 9.66. The first-order valence-electron chi connectivity index (χ1n) is 8.91. The monoisotopic (exact) mass is 372 g/mol. The Hall–Kier alpha value is -2.25. The molecular formula is C19H24N4O2S. The highest BCUT2D eigenvalue weighted by Crippen LogP contribution is 2.38. The van der Waals surface area contributed by atoms with Gasteiger partial charge in [0.05, 0.1) is 11.1 Å². The second kappa shape index (κ2) is 8.42. The predicted octanol–water partition coefficient (Wildman–Crippen LogP) is 2.61. The van der Waals surface area contributed by atoms with Crippen LogP contribution >= 0.6 is 11.3 Å². The van der Waals surface area contributed by atoms with Crippen LogP contribution in [0.1, 0.15) is 50.9 Å². The lowest BCUT2D eigenvalue weighted by molar-refractivity contribution is 0.0950. The van der Waals surface area contributed by atoms with Gasteiger partial charge in [-0.1, -0.05) is 0 Å². The lowest BCUT2D eigenvalue weighted by atomic mass is 9.95. The molecule has 2 amide bonds. The molecule has 2 aromatic rings. The van der Waals surface area contributed by atoms with Crippen molar-refractivity contribution in [3.8, 4) is 0 Å². The van der Waals surface area contributed by atoms with Gasteiger partial charge >= 0.3 is 0 Å². The molecule has 3 N–H and O–H groups in total. The van der Waals surface area contributed by atoms with Crippen LogP contribution in [0.5, 0.6) is 0 Å². The predicted molar refractivity (Wildman–Crippen MR) is 104 cm³/mol. The summed E-state index contributed by atoms with van der Waals surface area (Å²) in [6.45, 7) is 2.55. The van der Waals surface area contributed by atoms with Crippen LogP contribution in [0, 0.1) is 0 Å². The third-order valence-corrected chi connectivity index (χ3v) is 5.82. The van der Waals surface area contributed by atoms with E-state index in [1.807, 2.05) is 14.0 Å². The summed E-state index contributed by atoms with van der Waals surface area (Å²) in [4.78, 5) is 30.6. The largest absolute Gasteiger partial charge is 0.350 e. The van der Waals surface area contributed by atoms with Gasteiger partial charge in [-0.15, -0.1) is 11.3 Å². The van der Waals surface area contributed by atoms with Crippen molar-refractivity contribution in [3.05, 3.63) is 46.1 Å². The second-order valence-corrected chi connectivity index (χ2v) is 7.62. The van der Waals surface area contributed by atoms with Crippen molar-refractivity contribution in [3.63, 3.8) is 0 Å². The molecule has 0 spiro atoms. The van der Waals surface area contributed by atoms with E-state index in [0.29, 0.717) is 22.7 Å². The number of nitrogens with one attached hydrogen (secondary N) is 3. The number of aromatic nitrogens is 1. The lowest BCUT2D eigenvalue weighted by Gasteiger charge is -2.15. The maximum absolute atomic E-state index is 12.8. The zero-order valence-corrected chi connectivity index (χ0v) is 15.9. The Labute approximate surface area is 157 Å². The summed E-state index contributed by atoms with van der Waals surface area (Å²) in [5.74, 6) is -0.359. The first kappa shape index (κ1) is 18.5. The highest BCUT2D eigenvalue weighted by molar-refractivity contribution is 7.17. The van der Waals surface area contributed by atoms with Gasteiger partial charge in [-0.05, 0) is 57.4 Å². The number of carbonyl (C=O) groups excluding carboxylic acids is 2. The van der Waals surface area contributed by atoms with Crippen molar-refractivity contribution in [1.82, 2.24) is 15.6 Å². The number of aryl methyl sites for hydroxylation is 1. The van der Waals surface area contributed by atoms with Gasteiger partial charge in [0, 0.05) is 29.9 Å². The maximum Gasteiger partial charge on any atom is 0.257 e. The topological polar surface area (TPSA) is 83.1 Å². The fourth-order valence-corrected chi connectivity index (χ4v) is 4.28. The molecule has 1 atom stereocenters. The molecule has 0 aromatic carbocycles. The number of fused-ring (bicyclic) bond motifs is 1. The maximum atomic E-state index is 12.8. The summed E-state index contributed by atoms with van der Waals surface area (Å²) in [6, 6.07) is 3.62. The molecule has 0 radical (unpaired) electrons. The molecule has 0 fully saturated rings. The molecule has 7 heteroatoms. The van der Waals surface area contributed by atoms with Crippen LogP contribution in [0.2, 0.25) is 0 Å². The second-order valence-electron chi connectivity index (χ2n) is 6.51. The Kier molecular flexibility index (Phi) is 6.00. The van der Waals surface area contributed by atoms with Gasteiger partial charge in [-0.3, -0.25) is 14.6 Å². The fraction of sp³-hybridized carbons (Fsp3) is 0.421. The number of amides is 2. The van der Waals surface area contributed by atoms with Gasteiger partial charge in [0.1, 0.15) is 5.00 Å². The normalized spacial score (nSPS) is 14.4. The first-order valence-corrected chi connectivity index (χ1v) is 9.73. The number of likely N-dealkylation sites (N-methyl/N-ethyl adjacent to an activating group) is 1. The minimum atomic E-state index is -0.241. The van der Waals surface area contributed by atoms with E-state index in [4.69, 9.17) is 0 Å². The molecule has 2 heterocycles. The van der Waals surface area contributed by atoms with Crippen LogP contribution in [-0.2, 0) is 12.8 Å². The van der Waals surface area contributed by atoms with Crippen LogP contribution in [0.4, 0.5) is 5.00 Å². The Morgan fingerprint density at radius 3 is 2.81 bits per heavy atom. The van der Waals surface area contributed by atoms with Crippen molar-refractivity contribution < 1.29 is 9.59 Å². The lowest BCUT2D eigenvalue weighted by Crippen LogP contribution is -2.37. The first-order chi connectivity index (χ1) is 12.6. The molecule has 0 aliphatic heterocycles. The third kappa shape index (κ3) is 4.11. The number of pyridine rings is 1. The standard InChI is InChI=1S/C19H24N4O2S/c1-12(20-2)10-22-18(25)16-14-7-3-4-8-15(14)26-19(16)23-17(24)13-6-5-9-21-11-13/h5-6,9,11-12,20H,3-4,7-8,10H2,1-2H3,(H,22,25)(H,23,24). The Morgan fingerprint density at radius 2 is 2.08 bits per heavy atom. The van der Waals surface area contributed by atoms with E-state index in [9.17, 15) is 9.59 Å². The van der Waals surface area contributed by atoms with Crippen LogP contribution in [0.3, 0.4) is 0 Å². The van der Waals surface area contributed by atoms with Crippen LogP contribution < -0.4 is 16.0 Å². The summed E-state index contributed by atoms with van der Waals surface area (Å²) in [6.07, 6.45) is 7.21. The summed E-state index contributed by atoms with van der Waals surface area (Å²) in [5.41, 5.74) is 2.21. The highest BCUT2D eigenvalue weighted by atomic mass is 32.1. The van der Waals surface area contributed by atoms with Gasteiger partial charge in [0.15, 0.2) is 0 Å². The minimum Gasteiger partial charge on any atom is -0.350 e. The smallest absolute Gasteiger partial charge is 0.257 e. The van der Waals surface area contributed by atoms with E-state index in [-0.39, 0.29) is 17.9 Å². The van der Waals surface area contributed by atoms with Crippen LogP contribution in [0.25, 0.3) is 0 Å². The van der Waals surface area contributed by atoms with Gasteiger partial charge in [-0.2, -0.15) is 0 Å². The molecular weight excluding hydrogens is 348 g/mol. The zero-order chi connectivity index (χ0) is 18.5. The number of hydrogen-bond donors (Lipinski definition) is 3. The number of thiophene rings is 1. The van der Waals surface area contributed by atoms with E-state index in [0.717, 1.165) is 31.2 Å². The Bertz CT molecular complexity index is 788. The van der Waals surface area contributed by atoms with Crippen molar-refractivity contribution in [2.45, 2.75) is 38.6 Å². The third-order valence-electron chi connectivity index (χ3n) is 4.61. The number of hydrogen-bond acceptors (Lipinski definition) is 5. The average Bonchev–Trinajstić information content (AvgIpc) is 3.04. The molecule has 1 aliphatic carbocycles. The molecule has 3 rings (SSSR count). The van der Waals surface area contributed by atoms with Crippen molar-refractivity contribution in [2.75, 3.05) is 18.9 Å². The van der Waals surface area contributed by atoms with Crippen molar-refractivity contribution in [2.24, 2.45) is 0 Å². The molecule has 6 nitrogen and oxygen atoms in total. The highest BCUT2D eigenvalue weighted by Gasteiger charge is 2.26. The van der Waals surface area contributed by atoms with Gasteiger partial charge < -0.3 is 16.0 Å². The average molecular weight is 372 g/mol. The number of anilines is 1. The number of rotatable bonds is 6. The molecule has 138 valence electrons. The molecule has 1 aliphatic rings. The molecule has 26 heavy (non-hydrogen) atoms. The summed E-state index contributed by atoms with van der Waals surface area (Å²) < 4.78 is 0. The van der Waals surface area contributed by atoms with Crippen LogP contribution in [0.15, 0.2) is 24.5 Å². The number of nitrogens with zero attached hydrogens (tertiary/aromatic N) is 1.